The van der Waals surface area contributed by atoms with Crippen LogP contribution in [0.3, 0.4) is 0 Å². The lowest BCUT2D eigenvalue weighted by Gasteiger charge is -2.22. The van der Waals surface area contributed by atoms with Gasteiger partial charge in [-0.3, -0.25) is 4.79 Å². The summed E-state index contributed by atoms with van der Waals surface area (Å²) >= 11 is 0. The van der Waals surface area contributed by atoms with E-state index in [1.54, 1.807) is 0 Å². The van der Waals surface area contributed by atoms with E-state index in [1.165, 1.54) is 24.3 Å². The molecule has 2 N–H and O–H groups in total. The van der Waals surface area contributed by atoms with Gasteiger partial charge in [-0.25, -0.2) is 8.42 Å². The smallest absolute Gasteiger partial charge is 0.324 e. The van der Waals surface area contributed by atoms with Gasteiger partial charge < -0.3 is 10.2 Å². The molecule has 1 heterocycles. The van der Waals surface area contributed by atoms with Crippen LogP contribution in [0.1, 0.15) is 12.0 Å². The van der Waals surface area contributed by atoms with E-state index >= 15 is 0 Å². The summed E-state index contributed by atoms with van der Waals surface area (Å²) in [6.07, 6.45) is -1.17. The van der Waals surface area contributed by atoms with Crippen LogP contribution in [0.5, 0.6) is 0 Å². The number of aliphatic hydroxyl groups is 1. The Morgan fingerprint density at radius 3 is 2.75 bits per heavy atom. The summed E-state index contributed by atoms with van der Waals surface area (Å²) in [5.74, 6) is -1.39. The van der Waals surface area contributed by atoms with Crippen molar-refractivity contribution >= 4 is 16.0 Å². The molecule has 1 aromatic carbocycles. The maximum absolute atomic E-state index is 12.4. The zero-order chi connectivity index (χ0) is 14.9. The third kappa shape index (κ3) is 2.38. The number of sulfonamides is 1. The van der Waals surface area contributed by atoms with Crippen LogP contribution in [0.15, 0.2) is 29.2 Å². The minimum absolute atomic E-state index is 0.0636. The highest BCUT2D eigenvalue weighted by atomic mass is 32.2. The third-order valence-electron chi connectivity index (χ3n) is 3.14. The molecule has 1 aliphatic heterocycles. The van der Waals surface area contributed by atoms with Crippen LogP contribution < -0.4 is 0 Å². The first-order chi connectivity index (χ1) is 9.37. The van der Waals surface area contributed by atoms with Gasteiger partial charge in [-0.15, -0.1) is 0 Å². The summed E-state index contributed by atoms with van der Waals surface area (Å²) in [5, 5.41) is 27.4. The quantitative estimate of drug-likeness (QED) is 0.795. The lowest BCUT2D eigenvalue weighted by atomic mass is 10.2. The SMILES string of the molecule is N#Cc1cccc(S(=O)(=O)N2CC[C@H](O)C2C(=O)O)c1. The number of aliphatic hydroxyl groups excluding tert-OH is 1. The molecule has 1 saturated heterocycles. The Balaban J connectivity index is 2.45. The Kier molecular flexibility index (Phi) is 3.76. The normalized spacial score (nSPS) is 23.4. The van der Waals surface area contributed by atoms with Crippen LogP contribution in [-0.2, 0) is 14.8 Å². The molecule has 7 nitrogen and oxygen atoms in total. The van der Waals surface area contributed by atoms with Crippen molar-refractivity contribution in [1.82, 2.24) is 4.31 Å². The molecule has 1 aliphatic rings. The van der Waals surface area contributed by atoms with Gasteiger partial charge in [0.1, 0.15) is 6.04 Å². The molecule has 1 fully saturated rings. The fourth-order valence-corrected chi connectivity index (χ4v) is 3.84. The van der Waals surface area contributed by atoms with Crippen molar-refractivity contribution in [2.24, 2.45) is 0 Å². The summed E-state index contributed by atoms with van der Waals surface area (Å²) in [5.41, 5.74) is 0.165. The molecular formula is C12H12N2O5S. The van der Waals surface area contributed by atoms with Crippen molar-refractivity contribution in [2.45, 2.75) is 23.5 Å². The molecule has 0 saturated carbocycles. The van der Waals surface area contributed by atoms with Crippen molar-refractivity contribution in [3.05, 3.63) is 29.8 Å². The van der Waals surface area contributed by atoms with E-state index in [1.807, 2.05) is 6.07 Å². The summed E-state index contributed by atoms with van der Waals surface area (Å²) in [6.45, 7) is -0.0722. The van der Waals surface area contributed by atoms with E-state index in [0.29, 0.717) is 0 Å². The van der Waals surface area contributed by atoms with E-state index in [2.05, 4.69) is 0 Å². The van der Waals surface area contributed by atoms with Crippen molar-refractivity contribution in [3.8, 4) is 6.07 Å². The minimum Gasteiger partial charge on any atom is -0.480 e. The van der Waals surface area contributed by atoms with Crippen LogP contribution in [0.2, 0.25) is 0 Å². The highest BCUT2D eigenvalue weighted by Crippen LogP contribution is 2.27. The maximum atomic E-state index is 12.4. The second-order valence-electron chi connectivity index (χ2n) is 4.39. The number of carboxylic acids is 1. The van der Waals surface area contributed by atoms with Gasteiger partial charge in [-0.1, -0.05) is 6.07 Å². The highest BCUT2D eigenvalue weighted by Gasteiger charge is 2.45. The molecular weight excluding hydrogens is 284 g/mol. The Morgan fingerprint density at radius 1 is 1.45 bits per heavy atom. The van der Waals surface area contributed by atoms with E-state index in [9.17, 15) is 18.3 Å². The molecule has 0 amide bonds. The molecule has 0 bridgehead atoms. The van der Waals surface area contributed by atoms with Gasteiger partial charge in [0, 0.05) is 6.54 Å². The van der Waals surface area contributed by atoms with Crippen molar-refractivity contribution in [1.29, 1.82) is 5.26 Å². The minimum atomic E-state index is -4.06. The fraction of sp³-hybridized carbons (Fsp3) is 0.333. The number of nitriles is 1. The highest BCUT2D eigenvalue weighted by molar-refractivity contribution is 7.89. The van der Waals surface area contributed by atoms with E-state index in [4.69, 9.17) is 10.4 Å². The second-order valence-corrected chi connectivity index (χ2v) is 6.29. The Bertz CT molecular complexity index is 679. The molecule has 2 atom stereocenters. The van der Waals surface area contributed by atoms with Gasteiger partial charge in [0.25, 0.3) is 0 Å². The number of hydrogen-bond acceptors (Lipinski definition) is 5. The first kappa shape index (κ1) is 14.5. The van der Waals surface area contributed by atoms with E-state index < -0.39 is 28.1 Å². The van der Waals surface area contributed by atoms with Gasteiger partial charge in [-0.2, -0.15) is 9.57 Å². The van der Waals surface area contributed by atoms with Gasteiger partial charge in [0.05, 0.1) is 22.6 Å². The van der Waals surface area contributed by atoms with Crippen LogP contribution >= 0.6 is 0 Å². The van der Waals surface area contributed by atoms with Crippen LogP contribution in [0.25, 0.3) is 0 Å². The number of nitrogens with zero attached hydrogens (tertiary/aromatic N) is 2. The summed E-state index contributed by atoms with van der Waals surface area (Å²) in [4.78, 5) is 10.9. The summed E-state index contributed by atoms with van der Waals surface area (Å²) < 4.78 is 25.6. The average Bonchev–Trinajstić information content (AvgIpc) is 2.81. The van der Waals surface area contributed by atoms with Crippen LogP contribution in [0, 0.1) is 11.3 Å². The largest absolute Gasteiger partial charge is 0.480 e. The van der Waals surface area contributed by atoms with Crippen molar-refractivity contribution in [2.75, 3.05) is 6.54 Å². The Morgan fingerprint density at radius 2 is 2.15 bits per heavy atom. The van der Waals surface area contributed by atoms with Gasteiger partial charge >= 0.3 is 5.97 Å². The monoisotopic (exact) mass is 296 g/mol. The van der Waals surface area contributed by atoms with Crippen LogP contribution in [-0.4, -0.2) is 47.6 Å². The lowest BCUT2D eigenvalue weighted by molar-refractivity contribution is -0.143. The van der Waals surface area contributed by atoms with Gasteiger partial charge in [0.15, 0.2) is 0 Å². The number of carboxylic acid groups (broad SMARTS) is 1. The maximum Gasteiger partial charge on any atom is 0.324 e. The van der Waals surface area contributed by atoms with Gasteiger partial charge in [-0.05, 0) is 24.6 Å². The molecule has 106 valence electrons. The molecule has 1 unspecified atom stereocenters. The first-order valence-corrected chi connectivity index (χ1v) is 7.25. The third-order valence-corrected chi connectivity index (χ3v) is 5.02. The summed E-state index contributed by atoms with van der Waals surface area (Å²) in [6, 6.07) is 5.66. The standard InChI is InChI=1S/C12H12N2O5S/c13-7-8-2-1-3-9(6-8)20(18,19)14-5-4-10(15)11(14)12(16)17/h1-3,6,10-11,15H,4-5H2,(H,16,17)/t10-,11?/m0/s1. The number of carbonyl (C=O) groups is 1. The van der Waals surface area contributed by atoms with Crippen molar-refractivity contribution in [3.63, 3.8) is 0 Å². The molecule has 2 rings (SSSR count). The molecule has 0 spiro atoms. The summed E-state index contributed by atoms with van der Waals surface area (Å²) in [7, 11) is -4.06. The number of hydrogen-bond donors (Lipinski definition) is 2. The molecule has 0 radical (unpaired) electrons. The average molecular weight is 296 g/mol. The number of benzene rings is 1. The Hall–Kier alpha value is -1.95. The molecule has 0 aliphatic carbocycles. The number of aliphatic carboxylic acids is 1. The number of rotatable bonds is 3. The first-order valence-electron chi connectivity index (χ1n) is 5.81. The van der Waals surface area contributed by atoms with E-state index in [0.717, 1.165) is 4.31 Å². The lowest BCUT2D eigenvalue weighted by Crippen LogP contribution is -2.44. The molecule has 0 aromatic heterocycles. The predicted octanol–water partition coefficient (Wildman–Crippen LogP) is -0.233. The van der Waals surface area contributed by atoms with E-state index in [-0.39, 0.29) is 23.4 Å². The zero-order valence-electron chi connectivity index (χ0n) is 10.3. The molecule has 1 aromatic rings. The van der Waals surface area contributed by atoms with Crippen molar-refractivity contribution < 1.29 is 23.4 Å². The molecule has 8 heteroatoms. The fourth-order valence-electron chi connectivity index (χ4n) is 2.17. The predicted molar refractivity (Wildman–Crippen MR) is 67.1 cm³/mol. The molecule has 20 heavy (non-hydrogen) atoms. The zero-order valence-corrected chi connectivity index (χ0v) is 11.1. The topological polar surface area (TPSA) is 119 Å². The second kappa shape index (κ2) is 5.20. The van der Waals surface area contributed by atoms with Gasteiger partial charge in [0.2, 0.25) is 10.0 Å². The van der Waals surface area contributed by atoms with Crippen LogP contribution in [0.4, 0.5) is 0 Å². The Labute approximate surface area is 115 Å².